The van der Waals surface area contributed by atoms with Gasteiger partial charge in [0.2, 0.25) is 0 Å². The molecule has 3 rings (SSSR count). The Balaban J connectivity index is 1.76. The van der Waals surface area contributed by atoms with Crippen LogP contribution < -0.4 is 15.2 Å². The summed E-state index contributed by atoms with van der Waals surface area (Å²) in [6.45, 7) is 0. The number of furan rings is 1. The number of hydrazine groups is 1. The van der Waals surface area contributed by atoms with Crippen molar-refractivity contribution in [2.45, 2.75) is 4.90 Å². The number of benzene rings is 2. The monoisotopic (exact) mass is 399 g/mol. The fourth-order valence-corrected chi connectivity index (χ4v) is 3.63. The lowest BCUT2D eigenvalue weighted by atomic mass is 10.2. The topological polar surface area (TPSA) is 109 Å². The highest BCUT2D eigenvalue weighted by molar-refractivity contribution is 7.92. The number of hydrogen-bond donors (Lipinski definition) is 2. The van der Waals surface area contributed by atoms with E-state index < -0.39 is 21.8 Å². The van der Waals surface area contributed by atoms with Crippen molar-refractivity contribution in [3.05, 3.63) is 84.3 Å². The molecule has 0 aliphatic heterocycles. The molecule has 2 amide bonds. The summed E-state index contributed by atoms with van der Waals surface area (Å²) in [4.78, 5) is 24.0. The van der Waals surface area contributed by atoms with Gasteiger partial charge in [0.05, 0.1) is 16.8 Å². The molecule has 8 nitrogen and oxygen atoms in total. The normalized spacial score (nSPS) is 10.9. The summed E-state index contributed by atoms with van der Waals surface area (Å²) >= 11 is 0. The Morgan fingerprint density at radius 2 is 1.61 bits per heavy atom. The van der Waals surface area contributed by atoms with Gasteiger partial charge in [-0.05, 0) is 42.5 Å². The quantitative estimate of drug-likeness (QED) is 0.639. The van der Waals surface area contributed by atoms with Gasteiger partial charge in [0, 0.05) is 12.6 Å². The van der Waals surface area contributed by atoms with Gasteiger partial charge in [-0.2, -0.15) is 0 Å². The zero-order chi connectivity index (χ0) is 20.1. The Kier molecular flexibility index (Phi) is 5.46. The average Bonchev–Trinajstić information content (AvgIpc) is 3.27. The fraction of sp³-hybridized carbons (Fsp3) is 0.0526. The maximum atomic E-state index is 12.8. The molecule has 144 valence electrons. The second kappa shape index (κ2) is 7.97. The molecular weight excluding hydrogens is 382 g/mol. The third-order valence-corrected chi connectivity index (χ3v) is 5.69. The molecule has 0 saturated carbocycles. The third kappa shape index (κ3) is 4.04. The Morgan fingerprint density at radius 3 is 2.29 bits per heavy atom. The van der Waals surface area contributed by atoms with E-state index in [2.05, 4.69) is 10.9 Å². The van der Waals surface area contributed by atoms with Crippen molar-refractivity contribution in [3.63, 3.8) is 0 Å². The summed E-state index contributed by atoms with van der Waals surface area (Å²) in [5.74, 6) is -1.27. The first-order valence-electron chi connectivity index (χ1n) is 8.18. The molecule has 2 N–H and O–H groups in total. The average molecular weight is 399 g/mol. The molecule has 0 atom stereocenters. The van der Waals surface area contributed by atoms with Crippen LogP contribution in [0.2, 0.25) is 0 Å². The Hall–Kier alpha value is -3.59. The maximum absolute atomic E-state index is 12.8. The van der Waals surface area contributed by atoms with Crippen LogP contribution in [0.25, 0.3) is 0 Å². The summed E-state index contributed by atoms with van der Waals surface area (Å²) in [6, 6.07) is 17.1. The summed E-state index contributed by atoms with van der Waals surface area (Å²) in [5, 5.41) is 0. The second-order valence-corrected chi connectivity index (χ2v) is 7.69. The van der Waals surface area contributed by atoms with E-state index >= 15 is 0 Å². The van der Waals surface area contributed by atoms with Crippen molar-refractivity contribution in [2.24, 2.45) is 0 Å². The molecule has 2 aromatic carbocycles. The van der Waals surface area contributed by atoms with Crippen LogP contribution in [-0.2, 0) is 10.0 Å². The van der Waals surface area contributed by atoms with Gasteiger partial charge < -0.3 is 4.42 Å². The van der Waals surface area contributed by atoms with E-state index in [1.165, 1.54) is 49.7 Å². The first-order chi connectivity index (χ1) is 13.4. The highest BCUT2D eigenvalue weighted by atomic mass is 32.2. The number of carbonyl (C=O) groups is 2. The van der Waals surface area contributed by atoms with Gasteiger partial charge in [-0.3, -0.25) is 24.7 Å². The molecule has 0 bridgehead atoms. The maximum Gasteiger partial charge on any atom is 0.305 e. The van der Waals surface area contributed by atoms with Crippen molar-refractivity contribution in [1.82, 2.24) is 10.9 Å². The lowest BCUT2D eigenvalue weighted by Crippen LogP contribution is -2.41. The van der Waals surface area contributed by atoms with Crippen LogP contribution in [-0.4, -0.2) is 27.3 Å². The first-order valence-corrected chi connectivity index (χ1v) is 9.62. The van der Waals surface area contributed by atoms with E-state index in [0.29, 0.717) is 5.69 Å². The van der Waals surface area contributed by atoms with Gasteiger partial charge in [-0.25, -0.2) is 8.42 Å². The number of amides is 2. The van der Waals surface area contributed by atoms with Crippen LogP contribution in [0.1, 0.15) is 20.9 Å². The van der Waals surface area contributed by atoms with E-state index in [-0.39, 0.29) is 16.2 Å². The molecule has 0 radical (unpaired) electrons. The highest BCUT2D eigenvalue weighted by Gasteiger charge is 2.22. The predicted octanol–water partition coefficient (Wildman–Crippen LogP) is 2.18. The number of para-hydroxylation sites is 1. The summed E-state index contributed by atoms with van der Waals surface area (Å²) in [6.07, 6.45) is 1.33. The van der Waals surface area contributed by atoms with E-state index in [1.54, 1.807) is 30.3 Å². The number of nitrogens with one attached hydrogen (secondary N) is 2. The van der Waals surface area contributed by atoms with E-state index in [1.807, 2.05) is 0 Å². The van der Waals surface area contributed by atoms with E-state index in [4.69, 9.17) is 4.42 Å². The van der Waals surface area contributed by atoms with Gasteiger partial charge in [0.1, 0.15) is 0 Å². The molecule has 0 spiro atoms. The number of sulfonamides is 1. The molecule has 3 aromatic rings. The van der Waals surface area contributed by atoms with Gasteiger partial charge >= 0.3 is 5.91 Å². The fourth-order valence-electron chi connectivity index (χ4n) is 2.39. The molecule has 0 fully saturated rings. The smallest absolute Gasteiger partial charge is 0.305 e. The Labute approximate surface area is 161 Å². The van der Waals surface area contributed by atoms with E-state index in [0.717, 1.165) is 4.31 Å². The molecule has 0 unspecified atom stereocenters. The predicted molar refractivity (Wildman–Crippen MR) is 102 cm³/mol. The van der Waals surface area contributed by atoms with Gasteiger partial charge in [-0.1, -0.05) is 24.3 Å². The number of rotatable bonds is 5. The molecule has 1 heterocycles. The van der Waals surface area contributed by atoms with Crippen LogP contribution >= 0.6 is 0 Å². The highest BCUT2D eigenvalue weighted by Crippen LogP contribution is 2.22. The van der Waals surface area contributed by atoms with Gasteiger partial charge in [-0.15, -0.1) is 0 Å². The van der Waals surface area contributed by atoms with Gasteiger partial charge in [0.15, 0.2) is 5.76 Å². The SMILES string of the molecule is CN(c1ccccc1)S(=O)(=O)c1cccc(C(=O)NNC(=O)c2ccco2)c1. The van der Waals surface area contributed by atoms with E-state index in [9.17, 15) is 18.0 Å². The summed E-state index contributed by atoms with van der Waals surface area (Å²) in [5.41, 5.74) is 4.98. The van der Waals surface area contributed by atoms with Crippen molar-refractivity contribution >= 4 is 27.5 Å². The molecule has 1 aromatic heterocycles. The number of hydrogen-bond acceptors (Lipinski definition) is 5. The van der Waals surface area contributed by atoms with Crippen molar-refractivity contribution in [1.29, 1.82) is 0 Å². The second-order valence-electron chi connectivity index (χ2n) is 5.72. The van der Waals surface area contributed by atoms with Crippen LogP contribution in [0.5, 0.6) is 0 Å². The van der Waals surface area contributed by atoms with Crippen LogP contribution in [0.4, 0.5) is 5.69 Å². The first kappa shape index (κ1) is 19.2. The minimum absolute atomic E-state index is 0.0288. The molecule has 0 aliphatic carbocycles. The summed E-state index contributed by atoms with van der Waals surface area (Å²) < 4.78 is 31.7. The number of carbonyl (C=O) groups excluding carboxylic acids is 2. The molecule has 9 heteroatoms. The molecule has 0 aliphatic rings. The van der Waals surface area contributed by atoms with Crippen LogP contribution in [0.3, 0.4) is 0 Å². The minimum atomic E-state index is -3.86. The lowest BCUT2D eigenvalue weighted by Gasteiger charge is -2.19. The van der Waals surface area contributed by atoms with Gasteiger partial charge in [0.25, 0.3) is 15.9 Å². The lowest BCUT2D eigenvalue weighted by molar-refractivity contribution is 0.0831. The zero-order valence-electron chi connectivity index (χ0n) is 14.8. The Bertz CT molecular complexity index is 1080. The van der Waals surface area contributed by atoms with Crippen molar-refractivity contribution in [2.75, 3.05) is 11.4 Å². The largest absolute Gasteiger partial charge is 0.459 e. The third-order valence-electron chi connectivity index (χ3n) is 3.91. The zero-order valence-corrected chi connectivity index (χ0v) is 15.6. The summed E-state index contributed by atoms with van der Waals surface area (Å²) in [7, 11) is -2.43. The number of nitrogens with zero attached hydrogens (tertiary/aromatic N) is 1. The van der Waals surface area contributed by atoms with Crippen LogP contribution in [0, 0.1) is 0 Å². The molecule has 0 saturated heterocycles. The van der Waals surface area contributed by atoms with Crippen molar-refractivity contribution in [3.8, 4) is 0 Å². The standard InChI is InChI=1S/C19H17N3O5S/c1-22(15-8-3-2-4-9-15)28(25,26)16-10-5-7-14(13-16)18(23)20-21-19(24)17-11-6-12-27-17/h2-13H,1H3,(H,20,23)(H,21,24). The van der Waals surface area contributed by atoms with Crippen molar-refractivity contribution < 1.29 is 22.4 Å². The number of anilines is 1. The van der Waals surface area contributed by atoms with Crippen LogP contribution in [0.15, 0.2) is 82.3 Å². The Morgan fingerprint density at radius 1 is 0.893 bits per heavy atom. The molecular formula is C19H17N3O5S. The minimum Gasteiger partial charge on any atom is -0.459 e. The molecule has 28 heavy (non-hydrogen) atoms.